The van der Waals surface area contributed by atoms with Crippen molar-refractivity contribution in [2.75, 3.05) is 24.8 Å². The molecule has 1 amide bonds. The molecule has 0 saturated heterocycles. The molecule has 3 saturated carbocycles. The van der Waals surface area contributed by atoms with Crippen molar-refractivity contribution in [1.82, 2.24) is 5.32 Å². The summed E-state index contributed by atoms with van der Waals surface area (Å²) < 4.78 is 22.3. The largest absolute Gasteiger partial charge is 0.441 e. The normalized spacial score (nSPS) is 42.4. The van der Waals surface area contributed by atoms with Gasteiger partial charge in [-0.25, -0.2) is 9.18 Å². The lowest BCUT2D eigenvalue weighted by molar-refractivity contribution is -0.219. The van der Waals surface area contributed by atoms with Crippen LogP contribution >= 0.6 is 21.6 Å². The second kappa shape index (κ2) is 10.3. The minimum absolute atomic E-state index is 0.0350. The molecule has 0 aromatic rings. The Morgan fingerprint density at radius 2 is 2.00 bits per heavy atom. The molecule has 0 aromatic carbocycles. The minimum atomic E-state index is -2.05. The summed E-state index contributed by atoms with van der Waals surface area (Å²) in [6.45, 7) is 4.87. The number of amides is 1. The highest BCUT2D eigenvalue weighted by Crippen LogP contribution is 2.70. The highest BCUT2D eigenvalue weighted by Gasteiger charge is 2.75. The molecule has 0 unspecified atom stereocenters. The van der Waals surface area contributed by atoms with E-state index in [-0.39, 0.29) is 30.6 Å². The molecular formula is C26H36FNO7S2. The first-order valence-electron chi connectivity index (χ1n) is 12.7. The number of allylic oxidation sites excluding steroid dienone is 4. The molecule has 4 rings (SSSR count). The van der Waals surface area contributed by atoms with Crippen molar-refractivity contribution in [3.8, 4) is 0 Å². The number of rotatable bonds is 8. The summed E-state index contributed by atoms with van der Waals surface area (Å²) in [6, 6.07) is 0. The number of carbonyl (C=O) groups excluding carboxylic acids is 3. The third kappa shape index (κ3) is 4.29. The van der Waals surface area contributed by atoms with Gasteiger partial charge in [0.25, 0.3) is 0 Å². The van der Waals surface area contributed by atoms with Crippen molar-refractivity contribution in [1.29, 1.82) is 0 Å². The molecule has 4 aliphatic carbocycles. The lowest BCUT2D eigenvalue weighted by Gasteiger charge is -2.62. The van der Waals surface area contributed by atoms with E-state index in [9.17, 15) is 24.6 Å². The number of carbonyl (C=O) groups is 3. The molecule has 0 radical (unpaired) electrons. The molecule has 11 heteroatoms. The number of alkyl halides is 1. The van der Waals surface area contributed by atoms with Crippen molar-refractivity contribution in [2.45, 2.75) is 63.8 Å². The number of Topliss-reactive ketones (excluding diaryl/α,β-unsaturated/α-hetero) is 1. The van der Waals surface area contributed by atoms with Crippen molar-refractivity contribution >= 4 is 39.2 Å². The van der Waals surface area contributed by atoms with Gasteiger partial charge in [0.15, 0.2) is 18.1 Å². The van der Waals surface area contributed by atoms with Crippen molar-refractivity contribution in [2.24, 2.45) is 28.6 Å². The van der Waals surface area contributed by atoms with Crippen LogP contribution in [0.1, 0.15) is 46.5 Å². The molecule has 8 nitrogen and oxygen atoms in total. The smallest absolute Gasteiger partial charge is 0.407 e. The van der Waals surface area contributed by atoms with Crippen molar-refractivity contribution in [3.63, 3.8) is 0 Å². The van der Waals surface area contributed by atoms with Gasteiger partial charge in [-0.3, -0.25) is 9.59 Å². The molecule has 0 spiro atoms. The molecule has 0 aliphatic heterocycles. The zero-order valence-electron chi connectivity index (χ0n) is 21.4. The predicted octanol–water partition coefficient (Wildman–Crippen LogP) is 2.96. The molecule has 3 fully saturated rings. The Morgan fingerprint density at radius 3 is 2.70 bits per heavy atom. The summed E-state index contributed by atoms with van der Waals surface area (Å²) in [5.74, 6) is -1.88. The average molecular weight is 558 g/mol. The fraction of sp³-hybridized carbons (Fsp3) is 0.731. The lowest BCUT2D eigenvalue weighted by Crippen LogP contribution is -2.69. The Bertz CT molecular complexity index is 1020. The number of fused-ring (bicyclic) bond motifs is 5. The molecule has 37 heavy (non-hydrogen) atoms. The maximum atomic E-state index is 17.2. The highest BCUT2D eigenvalue weighted by atomic mass is 33.1. The molecule has 206 valence electrons. The second-order valence-electron chi connectivity index (χ2n) is 11.2. The van der Waals surface area contributed by atoms with Crippen LogP contribution < -0.4 is 5.32 Å². The maximum Gasteiger partial charge on any atom is 0.407 e. The van der Waals surface area contributed by atoms with Crippen LogP contribution in [0.15, 0.2) is 23.8 Å². The van der Waals surface area contributed by atoms with Crippen molar-refractivity contribution in [3.05, 3.63) is 23.8 Å². The molecule has 4 N–H and O–H groups in total. The molecule has 8 atom stereocenters. The van der Waals surface area contributed by atoms with Crippen LogP contribution in [-0.4, -0.2) is 75.2 Å². The quantitative estimate of drug-likeness (QED) is 0.202. The Labute approximate surface area is 224 Å². The molecule has 0 aromatic heterocycles. The highest BCUT2D eigenvalue weighted by molar-refractivity contribution is 8.76. The average Bonchev–Trinajstić information content (AvgIpc) is 3.05. The first-order chi connectivity index (χ1) is 17.4. The van der Waals surface area contributed by atoms with Crippen LogP contribution in [0.5, 0.6) is 0 Å². The van der Waals surface area contributed by atoms with Gasteiger partial charge in [-0.15, -0.1) is 0 Å². The Kier molecular flexibility index (Phi) is 7.96. The zero-order valence-corrected chi connectivity index (χ0v) is 23.0. The van der Waals surface area contributed by atoms with Crippen LogP contribution in [0.4, 0.5) is 9.18 Å². The Balaban J connectivity index is 1.52. The number of hydrogen-bond donors (Lipinski definition) is 4. The fourth-order valence-corrected chi connectivity index (χ4v) is 8.93. The van der Waals surface area contributed by atoms with Gasteiger partial charge in [-0.2, -0.15) is 0 Å². The predicted molar refractivity (Wildman–Crippen MR) is 139 cm³/mol. The number of ether oxygens (including phenoxy) is 1. The van der Waals surface area contributed by atoms with Crippen LogP contribution in [-0.2, 0) is 14.3 Å². The minimum Gasteiger partial charge on any atom is -0.441 e. The number of hydrogen-bond acceptors (Lipinski definition) is 9. The van der Waals surface area contributed by atoms with Gasteiger partial charge in [-0.05, 0) is 56.6 Å². The van der Waals surface area contributed by atoms with Gasteiger partial charge < -0.3 is 25.4 Å². The van der Waals surface area contributed by atoms with Crippen molar-refractivity contribution < 1.29 is 38.8 Å². The van der Waals surface area contributed by atoms with Gasteiger partial charge in [0.2, 0.25) is 5.78 Å². The monoisotopic (exact) mass is 557 g/mol. The number of ketones is 2. The molecule has 0 bridgehead atoms. The number of aliphatic hydroxyl groups is 3. The number of aliphatic hydroxyl groups excluding tert-OH is 2. The molecule has 4 aliphatic rings. The topological polar surface area (TPSA) is 133 Å². The molecule has 0 heterocycles. The van der Waals surface area contributed by atoms with Gasteiger partial charge in [-0.1, -0.05) is 47.1 Å². The van der Waals surface area contributed by atoms with Gasteiger partial charge in [0, 0.05) is 29.0 Å². The summed E-state index contributed by atoms with van der Waals surface area (Å²) >= 11 is 0. The van der Waals surface area contributed by atoms with Crippen LogP contribution in [0.25, 0.3) is 0 Å². The van der Waals surface area contributed by atoms with Gasteiger partial charge >= 0.3 is 6.09 Å². The standard InChI is InChI=1S/C26H36FNO7S2/c1-15-10-19-18-5-4-16-11-17(30)6-7-23(16,2)25(18,27)20(31)12-24(19,3)26(15,34)21(32)13-35-22(33)28-8-9-36-37-14-29/h6-7,11,15,18-20,29,31,34H,4-5,8-10,12-14H2,1-3H3,(H,28,33)/t15-,18+,19+,20+,23+,24+,25+,26+/m0/s1. The summed E-state index contributed by atoms with van der Waals surface area (Å²) in [7, 11) is 2.62. The Hall–Kier alpha value is -1.40. The van der Waals surface area contributed by atoms with E-state index < -0.39 is 58.5 Å². The first kappa shape index (κ1) is 28.6. The summed E-state index contributed by atoms with van der Waals surface area (Å²) in [6.07, 6.45) is 3.32. The van der Waals surface area contributed by atoms with E-state index in [1.165, 1.54) is 33.7 Å². The third-order valence-corrected chi connectivity index (χ3v) is 11.5. The SMILES string of the molecule is C[C@H]1C[C@@H]2[C@H]3CCC4=CC(=O)C=C[C@@]4(C)[C@]3(F)[C@H](O)C[C@@]2(C)[C@]1(O)C(=O)COC(=O)NCCSSCO. The fourth-order valence-electron chi connectivity index (χ4n) is 7.72. The van der Waals surface area contributed by atoms with Crippen LogP contribution in [0.3, 0.4) is 0 Å². The number of halogens is 1. The first-order valence-corrected chi connectivity index (χ1v) is 15.2. The number of nitrogens with one attached hydrogen (secondary N) is 1. The summed E-state index contributed by atoms with van der Waals surface area (Å²) in [5, 5.41) is 34.5. The van der Waals surface area contributed by atoms with Crippen LogP contribution in [0, 0.1) is 28.6 Å². The van der Waals surface area contributed by atoms with E-state index in [0.29, 0.717) is 30.6 Å². The Morgan fingerprint density at radius 1 is 1.27 bits per heavy atom. The van der Waals surface area contributed by atoms with Gasteiger partial charge in [0.05, 0.1) is 12.0 Å². The molecular weight excluding hydrogens is 521 g/mol. The van der Waals surface area contributed by atoms with Gasteiger partial charge in [0.1, 0.15) is 5.60 Å². The zero-order chi connectivity index (χ0) is 27.2. The lowest BCUT2D eigenvalue weighted by atomic mass is 9.44. The van der Waals surface area contributed by atoms with E-state index in [1.807, 2.05) is 0 Å². The second-order valence-corrected chi connectivity index (χ2v) is 13.7. The third-order valence-electron chi connectivity index (χ3n) is 9.57. The van der Waals surface area contributed by atoms with E-state index in [4.69, 9.17) is 9.84 Å². The van der Waals surface area contributed by atoms with E-state index in [2.05, 4.69) is 5.32 Å². The van der Waals surface area contributed by atoms with E-state index in [0.717, 1.165) is 0 Å². The van der Waals surface area contributed by atoms with Crippen LogP contribution in [0.2, 0.25) is 0 Å². The summed E-state index contributed by atoms with van der Waals surface area (Å²) in [5.41, 5.74) is -5.54. The van der Waals surface area contributed by atoms with E-state index >= 15 is 4.39 Å². The summed E-state index contributed by atoms with van der Waals surface area (Å²) in [4.78, 5) is 37.4. The van der Waals surface area contributed by atoms with E-state index in [1.54, 1.807) is 26.8 Å². The maximum absolute atomic E-state index is 17.2. The number of alkyl carbamates (subject to hydrolysis) is 1.